The second kappa shape index (κ2) is 15.7. The first-order chi connectivity index (χ1) is 11.3. The Morgan fingerprint density at radius 1 is 0.667 bits per heavy atom. The van der Waals surface area contributed by atoms with Gasteiger partial charge in [-0.05, 0) is 12.1 Å². The zero-order valence-corrected chi connectivity index (χ0v) is 12.7. The second-order valence-corrected chi connectivity index (χ2v) is 3.17. The highest BCUT2D eigenvalue weighted by molar-refractivity contribution is 6.01. The molecule has 0 saturated carbocycles. The van der Waals surface area contributed by atoms with E-state index in [0.717, 1.165) is 0 Å². The van der Waals surface area contributed by atoms with Crippen LogP contribution in [-0.4, -0.2) is 44.3 Å². The third kappa shape index (κ3) is 13.3. The van der Waals surface area contributed by atoms with Crippen molar-refractivity contribution in [2.75, 3.05) is 0 Å². The first-order valence-electron chi connectivity index (χ1n) is 5.95. The third-order valence-electron chi connectivity index (χ3n) is 1.76. The van der Waals surface area contributed by atoms with Crippen molar-refractivity contribution in [3.8, 4) is 0 Å². The maximum absolute atomic E-state index is 10.5. The van der Waals surface area contributed by atoms with Crippen LogP contribution in [0.3, 0.4) is 0 Å². The summed E-state index contributed by atoms with van der Waals surface area (Å²) in [6.07, 6.45) is 1.12. The summed E-state index contributed by atoms with van der Waals surface area (Å²) in [4.78, 5) is 40.0. The van der Waals surface area contributed by atoms with Gasteiger partial charge in [0.15, 0.2) is 0 Å². The molecule has 4 N–H and O–H groups in total. The van der Waals surface area contributed by atoms with Gasteiger partial charge in [0, 0.05) is 12.2 Å². The molecule has 8 nitrogen and oxygen atoms in total. The molecule has 0 saturated heterocycles. The average Bonchev–Trinajstić information content (AvgIpc) is 2.57. The molecule has 1 rings (SSSR count). The molecule has 0 spiro atoms. The molecule has 130 valence electrons. The minimum Gasteiger partial charge on any atom is -0.478 e. The van der Waals surface area contributed by atoms with Gasteiger partial charge in [-0.1, -0.05) is 12.1 Å². The molecule has 0 fully saturated rings. The lowest BCUT2D eigenvalue weighted by Crippen LogP contribution is -2.06. The van der Waals surface area contributed by atoms with Gasteiger partial charge in [0.05, 0.1) is 11.1 Å². The molecule has 0 aliphatic heterocycles. The highest BCUT2D eigenvalue weighted by Gasteiger charge is 2.13. The molecule has 1 aromatic carbocycles. The van der Waals surface area contributed by atoms with Crippen LogP contribution in [0, 0.1) is 0 Å². The lowest BCUT2D eigenvalue weighted by molar-refractivity contribution is -0.134. The number of aliphatic carboxylic acids is 2. The van der Waals surface area contributed by atoms with Crippen molar-refractivity contribution in [2.45, 2.75) is 0 Å². The predicted octanol–water partition coefficient (Wildman–Crippen LogP) is 2.40. The second-order valence-electron chi connectivity index (χ2n) is 3.17. The van der Waals surface area contributed by atoms with Gasteiger partial charge < -0.3 is 20.4 Å². The van der Waals surface area contributed by atoms with E-state index in [0.29, 0.717) is 12.2 Å². The molecule has 0 aromatic heterocycles. The summed E-state index contributed by atoms with van der Waals surface area (Å²) in [5.74, 6) is -4.97. The van der Waals surface area contributed by atoms with Crippen molar-refractivity contribution in [2.24, 2.45) is 0 Å². The van der Waals surface area contributed by atoms with E-state index in [1.807, 2.05) is 0 Å². The predicted molar refractivity (Wildman–Crippen MR) is 87.3 cm³/mol. The molecule has 0 amide bonds. The molecule has 0 heterocycles. The van der Waals surface area contributed by atoms with E-state index in [2.05, 4.69) is 26.3 Å². The number of hydrogen-bond donors (Lipinski definition) is 4. The number of carbonyl (C=O) groups is 4. The van der Waals surface area contributed by atoms with Gasteiger partial charge in [-0.3, -0.25) is 0 Å². The number of carboxylic acids is 4. The van der Waals surface area contributed by atoms with Crippen molar-refractivity contribution in [3.63, 3.8) is 0 Å². The lowest BCUT2D eigenvalue weighted by atomic mass is 10.1. The fraction of sp³-hybridized carbons (Fsp3) is 0. The standard InChI is InChI=1S/C8H6O4.C4H4O4.2C2H4/c9-7(10)5-3-1-2-4-6(5)8(11)12;5-3(6)1-2-4(7)8;2*1-2/h1-4H,(H,9,10)(H,11,12);1-2H,(H,5,6)(H,7,8);2*1-2H2. The van der Waals surface area contributed by atoms with E-state index in [-0.39, 0.29) is 11.1 Å². The van der Waals surface area contributed by atoms with Crippen LogP contribution in [0.2, 0.25) is 0 Å². The average molecular weight is 338 g/mol. The number of rotatable bonds is 4. The first-order valence-corrected chi connectivity index (χ1v) is 5.95. The quantitative estimate of drug-likeness (QED) is 0.483. The van der Waals surface area contributed by atoms with Crippen LogP contribution in [-0.2, 0) is 9.59 Å². The topological polar surface area (TPSA) is 149 Å². The van der Waals surface area contributed by atoms with Crippen LogP contribution in [0.15, 0.2) is 62.7 Å². The Labute approximate surface area is 138 Å². The molecular formula is C16H18O8. The lowest BCUT2D eigenvalue weighted by Gasteiger charge is -1.98. The van der Waals surface area contributed by atoms with Crippen LogP contribution in [0.25, 0.3) is 0 Å². The summed E-state index contributed by atoms with van der Waals surface area (Å²) in [5.41, 5.74) is -0.380. The summed E-state index contributed by atoms with van der Waals surface area (Å²) in [5, 5.41) is 32.7. The SMILES string of the molecule is C=C.C=C.O=C(O)C=CC(=O)O.O=C(O)c1ccccc1C(=O)O. The molecule has 0 aliphatic rings. The summed E-state index contributed by atoms with van der Waals surface area (Å²) < 4.78 is 0. The summed E-state index contributed by atoms with van der Waals surface area (Å²) in [6, 6.07) is 5.48. The molecule has 8 heteroatoms. The molecule has 0 atom stereocenters. The normalized spacial score (nSPS) is 8.17. The molecule has 24 heavy (non-hydrogen) atoms. The van der Waals surface area contributed by atoms with Crippen molar-refractivity contribution >= 4 is 23.9 Å². The van der Waals surface area contributed by atoms with Gasteiger partial charge in [0.2, 0.25) is 0 Å². The van der Waals surface area contributed by atoms with Gasteiger partial charge in [-0.2, -0.15) is 0 Å². The zero-order valence-electron chi connectivity index (χ0n) is 12.7. The monoisotopic (exact) mass is 338 g/mol. The fourth-order valence-electron chi connectivity index (χ4n) is 0.999. The minimum absolute atomic E-state index is 0.190. The van der Waals surface area contributed by atoms with Crippen molar-refractivity contribution < 1.29 is 39.6 Å². The first kappa shape index (κ1) is 25.3. The highest BCUT2D eigenvalue weighted by Crippen LogP contribution is 2.07. The number of carboxylic acid groups (broad SMARTS) is 4. The van der Waals surface area contributed by atoms with Crippen LogP contribution >= 0.6 is 0 Å². The Balaban J connectivity index is -0.000000321. The Bertz CT molecular complexity index is 538. The largest absolute Gasteiger partial charge is 0.478 e. The van der Waals surface area contributed by atoms with Gasteiger partial charge in [0.1, 0.15) is 0 Å². The third-order valence-corrected chi connectivity index (χ3v) is 1.76. The Kier molecular flexibility index (Phi) is 16.5. The van der Waals surface area contributed by atoms with Gasteiger partial charge in [0.25, 0.3) is 0 Å². The van der Waals surface area contributed by atoms with Gasteiger partial charge in [-0.15, -0.1) is 26.3 Å². The fourth-order valence-corrected chi connectivity index (χ4v) is 0.999. The molecule has 0 aliphatic carbocycles. The van der Waals surface area contributed by atoms with E-state index in [9.17, 15) is 19.2 Å². The number of benzene rings is 1. The molecule has 0 unspecified atom stereocenters. The maximum Gasteiger partial charge on any atom is 0.336 e. The minimum atomic E-state index is -1.26. The van der Waals surface area contributed by atoms with E-state index in [1.165, 1.54) is 24.3 Å². The van der Waals surface area contributed by atoms with Crippen molar-refractivity contribution in [1.82, 2.24) is 0 Å². The van der Waals surface area contributed by atoms with Gasteiger partial charge >= 0.3 is 23.9 Å². The zero-order chi connectivity index (χ0) is 19.7. The molecule has 1 aromatic rings. The summed E-state index contributed by atoms with van der Waals surface area (Å²) in [6.45, 7) is 12.0. The van der Waals surface area contributed by atoms with E-state index in [4.69, 9.17) is 20.4 Å². The van der Waals surface area contributed by atoms with E-state index in [1.54, 1.807) is 0 Å². The maximum atomic E-state index is 10.5. The summed E-state index contributed by atoms with van der Waals surface area (Å²) in [7, 11) is 0. The Hall–Kier alpha value is -3.68. The smallest absolute Gasteiger partial charge is 0.336 e. The Morgan fingerprint density at radius 2 is 0.917 bits per heavy atom. The number of aromatic carboxylic acids is 2. The number of hydrogen-bond acceptors (Lipinski definition) is 4. The highest BCUT2D eigenvalue weighted by atomic mass is 16.4. The Morgan fingerprint density at radius 3 is 1.08 bits per heavy atom. The molecule has 0 bridgehead atoms. The molecule has 0 radical (unpaired) electrons. The van der Waals surface area contributed by atoms with Crippen LogP contribution in [0.1, 0.15) is 20.7 Å². The van der Waals surface area contributed by atoms with Crippen LogP contribution in [0.4, 0.5) is 0 Å². The summed E-state index contributed by atoms with van der Waals surface area (Å²) >= 11 is 0. The van der Waals surface area contributed by atoms with Crippen molar-refractivity contribution in [3.05, 3.63) is 73.9 Å². The van der Waals surface area contributed by atoms with E-state index >= 15 is 0 Å². The van der Waals surface area contributed by atoms with E-state index < -0.39 is 23.9 Å². The molecular weight excluding hydrogens is 320 g/mol. The van der Waals surface area contributed by atoms with Crippen LogP contribution < -0.4 is 0 Å². The van der Waals surface area contributed by atoms with Crippen molar-refractivity contribution in [1.29, 1.82) is 0 Å². The van der Waals surface area contributed by atoms with Gasteiger partial charge in [-0.25, -0.2) is 19.2 Å². The van der Waals surface area contributed by atoms with Crippen LogP contribution in [0.5, 0.6) is 0 Å².